The Morgan fingerprint density at radius 1 is 1.23 bits per heavy atom. The van der Waals surface area contributed by atoms with E-state index >= 15 is 0 Å². The van der Waals surface area contributed by atoms with E-state index in [1.165, 1.54) is 13.1 Å². The van der Waals surface area contributed by atoms with Crippen molar-refractivity contribution in [1.29, 1.82) is 0 Å². The molecular formula is C19H23FN4O2. The number of likely N-dealkylation sites (N-methyl/N-ethyl adjacent to an activating group) is 1. The summed E-state index contributed by atoms with van der Waals surface area (Å²) in [6.45, 7) is 0.136. The van der Waals surface area contributed by atoms with Gasteiger partial charge in [-0.2, -0.15) is 0 Å². The molecule has 0 aliphatic rings. The number of aromatic nitrogens is 1. The van der Waals surface area contributed by atoms with Crippen LogP contribution in [0.3, 0.4) is 0 Å². The molecule has 0 fully saturated rings. The van der Waals surface area contributed by atoms with E-state index in [1.807, 2.05) is 0 Å². The number of rotatable bonds is 8. The minimum atomic E-state index is -0.541. The Kier molecular flexibility index (Phi) is 7.23. The number of carbonyl (C=O) groups excluding carboxylic acids is 2. The zero-order chi connectivity index (χ0) is 18.9. The maximum atomic E-state index is 13.7. The molecule has 2 amide bonds. The molecule has 1 aromatic heterocycles. The third kappa shape index (κ3) is 5.63. The van der Waals surface area contributed by atoms with Crippen molar-refractivity contribution in [3.8, 4) is 0 Å². The molecule has 4 N–H and O–H groups in total. The normalized spacial score (nSPS) is 12.9. The van der Waals surface area contributed by atoms with Crippen LogP contribution >= 0.6 is 0 Å². The zero-order valence-corrected chi connectivity index (χ0v) is 14.6. The highest BCUT2D eigenvalue weighted by Gasteiger charge is 2.21. The maximum absolute atomic E-state index is 13.7. The maximum Gasteiger partial charge on any atom is 0.229 e. The van der Waals surface area contributed by atoms with Crippen molar-refractivity contribution < 1.29 is 14.0 Å². The summed E-state index contributed by atoms with van der Waals surface area (Å²) >= 11 is 0. The van der Waals surface area contributed by atoms with Gasteiger partial charge in [0.1, 0.15) is 5.82 Å². The molecule has 1 aromatic carbocycles. The van der Waals surface area contributed by atoms with Crippen LogP contribution in [0.5, 0.6) is 0 Å². The van der Waals surface area contributed by atoms with Crippen molar-refractivity contribution in [2.45, 2.75) is 24.8 Å². The van der Waals surface area contributed by atoms with Gasteiger partial charge in [-0.3, -0.25) is 14.6 Å². The van der Waals surface area contributed by atoms with Gasteiger partial charge in [0.05, 0.1) is 5.92 Å². The number of benzene rings is 1. The smallest absolute Gasteiger partial charge is 0.229 e. The minimum absolute atomic E-state index is 0.0435. The van der Waals surface area contributed by atoms with E-state index in [-0.39, 0.29) is 37.0 Å². The van der Waals surface area contributed by atoms with E-state index in [0.29, 0.717) is 11.1 Å². The van der Waals surface area contributed by atoms with Gasteiger partial charge in [0, 0.05) is 38.4 Å². The zero-order valence-electron chi connectivity index (χ0n) is 14.6. The topological polar surface area (TPSA) is 97.1 Å². The molecule has 0 bridgehead atoms. The Hall–Kier alpha value is -2.80. The Labute approximate surface area is 152 Å². The van der Waals surface area contributed by atoms with Gasteiger partial charge in [-0.05, 0) is 29.7 Å². The monoisotopic (exact) mass is 358 g/mol. The van der Waals surface area contributed by atoms with Gasteiger partial charge in [0.15, 0.2) is 0 Å². The Balaban J connectivity index is 1.89. The van der Waals surface area contributed by atoms with Crippen molar-refractivity contribution in [1.82, 2.24) is 15.6 Å². The van der Waals surface area contributed by atoms with Crippen LogP contribution in [-0.2, 0) is 16.0 Å². The Morgan fingerprint density at radius 3 is 2.65 bits per heavy atom. The second kappa shape index (κ2) is 9.62. The summed E-state index contributed by atoms with van der Waals surface area (Å²) in [7, 11) is 1.54. The van der Waals surface area contributed by atoms with Gasteiger partial charge in [-0.15, -0.1) is 0 Å². The van der Waals surface area contributed by atoms with Gasteiger partial charge in [-0.25, -0.2) is 4.39 Å². The SMILES string of the molecule is CNC(=O)[C@H](CNC(=O)C[C@H](N)Cc1ccccc1F)c1cccnc1. The number of hydrogen-bond donors (Lipinski definition) is 3. The lowest BCUT2D eigenvalue weighted by Gasteiger charge is -2.17. The van der Waals surface area contributed by atoms with Gasteiger partial charge in [-0.1, -0.05) is 24.3 Å². The lowest BCUT2D eigenvalue weighted by atomic mass is 9.99. The molecule has 0 aliphatic heterocycles. The molecule has 0 aliphatic carbocycles. The molecular weight excluding hydrogens is 335 g/mol. The highest BCUT2D eigenvalue weighted by molar-refractivity contribution is 5.84. The lowest BCUT2D eigenvalue weighted by Crippen LogP contribution is -2.38. The molecule has 2 atom stereocenters. The number of hydrogen-bond acceptors (Lipinski definition) is 4. The number of pyridine rings is 1. The van der Waals surface area contributed by atoms with E-state index < -0.39 is 12.0 Å². The second-order valence-corrected chi connectivity index (χ2v) is 6.02. The molecule has 2 rings (SSSR count). The fourth-order valence-electron chi connectivity index (χ4n) is 2.66. The molecule has 0 saturated carbocycles. The first kappa shape index (κ1) is 19.5. The highest BCUT2D eigenvalue weighted by Crippen LogP contribution is 2.14. The summed E-state index contributed by atoms with van der Waals surface area (Å²) in [5.41, 5.74) is 7.15. The van der Waals surface area contributed by atoms with Crippen LogP contribution in [0.15, 0.2) is 48.8 Å². The van der Waals surface area contributed by atoms with Crippen LogP contribution in [0.1, 0.15) is 23.5 Å². The van der Waals surface area contributed by atoms with Gasteiger partial charge < -0.3 is 16.4 Å². The molecule has 0 unspecified atom stereocenters. The Bertz CT molecular complexity index is 739. The van der Waals surface area contributed by atoms with E-state index in [1.54, 1.807) is 42.7 Å². The van der Waals surface area contributed by atoms with E-state index in [0.717, 1.165) is 0 Å². The number of nitrogens with one attached hydrogen (secondary N) is 2. The quantitative estimate of drug-likeness (QED) is 0.659. The summed E-state index contributed by atoms with van der Waals surface area (Å²) in [6.07, 6.45) is 3.52. The van der Waals surface area contributed by atoms with E-state index in [2.05, 4.69) is 15.6 Å². The third-order valence-corrected chi connectivity index (χ3v) is 4.04. The third-order valence-electron chi connectivity index (χ3n) is 4.04. The number of nitrogens with two attached hydrogens (primary N) is 1. The first-order chi connectivity index (χ1) is 12.5. The van der Waals surface area contributed by atoms with Crippen LogP contribution < -0.4 is 16.4 Å². The molecule has 2 aromatic rings. The van der Waals surface area contributed by atoms with Gasteiger partial charge in [0.25, 0.3) is 0 Å². The van der Waals surface area contributed by atoms with Crippen LogP contribution in [0.25, 0.3) is 0 Å². The second-order valence-electron chi connectivity index (χ2n) is 6.02. The minimum Gasteiger partial charge on any atom is -0.359 e. The fourth-order valence-corrected chi connectivity index (χ4v) is 2.66. The molecule has 6 nitrogen and oxygen atoms in total. The molecule has 0 saturated heterocycles. The molecule has 138 valence electrons. The van der Waals surface area contributed by atoms with Crippen LogP contribution in [-0.4, -0.2) is 36.4 Å². The lowest BCUT2D eigenvalue weighted by molar-refractivity contribution is -0.123. The van der Waals surface area contributed by atoms with Gasteiger partial charge in [0.2, 0.25) is 11.8 Å². The fraction of sp³-hybridized carbons (Fsp3) is 0.316. The summed E-state index contributed by atoms with van der Waals surface area (Å²) in [4.78, 5) is 28.2. The average Bonchev–Trinajstić information content (AvgIpc) is 2.64. The summed E-state index contributed by atoms with van der Waals surface area (Å²) in [6, 6.07) is 9.35. The average molecular weight is 358 g/mol. The number of nitrogens with zero attached hydrogens (tertiary/aromatic N) is 1. The molecule has 7 heteroatoms. The Morgan fingerprint density at radius 2 is 2.00 bits per heavy atom. The van der Waals surface area contributed by atoms with Crippen molar-refractivity contribution in [3.63, 3.8) is 0 Å². The van der Waals surface area contributed by atoms with Crippen LogP contribution in [0, 0.1) is 5.82 Å². The standard InChI is InChI=1S/C19H23FN4O2/c1-22-19(26)16(14-6-4-8-23-11-14)12-24-18(25)10-15(21)9-13-5-2-3-7-17(13)20/h2-8,11,15-16H,9-10,12,21H2,1H3,(H,22,26)(H,24,25)/t15-,16-/m1/s1. The van der Waals surface area contributed by atoms with Gasteiger partial charge >= 0.3 is 0 Å². The van der Waals surface area contributed by atoms with Crippen LogP contribution in [0.4, 0.5) is 4.39 Å². The first-order valence-electron chi connectivity index (χ1n) is 8.38. The molecule has 0 spiro atoms. The van der Waals surface area contributed by atoms with Crippen molar-refractivity contribution in [2.75, 3.05) is 13.6 Å². The predicted octanol–water partition coefficient (Wildman–Crippen LogP) is 1.13. The summed E-state index contributed by atoms with van der Waals surface area (Å²) < 4.78 is 13.7. The van der Waals surface area contributed by atoms with Crippen molar-refractivity contribution >= 4 is 11.8 Å². The molecule has 1 heterocycles. The molecule has 0 radical (unpaired) electrons. The first-order valence-corrected chi connectivity index (χ1v) is 8.38. The van der Waals surface area contributed by atoms with Crippen LogP contribution in [0.2, 0.25) is 0 Å². The largest absolute Gasteiger partial charge is 0.359 e. The number of halogens is 1. The van der Waals surface area contributed by atoms with E-state index in [4.69, 9.17) is 5.73 Å². The predicted molar refractivity (Wildman–Crippen MR) is 96.8 cm³/mol. The molecule has 26 heavy (non-hydrogen) atoms. The van der Waals surface area contributed by atoms with Crippen molar-refractivity contribution in [3.05, 3.63) is 65.7 Å². The summed E-state index contributed by atoms with van der Waals surface area (Å²) in [5, 5.41) is 5.31. The van der Waals surface area contributed by atoms with E-state index in [9.17, 15) is 14.0 Å². The number of amides is 2. The summed E-state index contributed by atoms with van der Waals surface area (Å²) in [5.74, 6) is -1.37. The highest BCUT2D eigenvalue weighted by atomic mass is 19.1. The van der Waals surface area contributed by atoms with Crippen molar-refractivity contribution in [2.24, 2.45) is 5.73 Å². The number of carbonyl (C=O) groups is 2.